The fourth-order valence-electron chi connectivity index (χ4n) is 2.92. The molecule has 1 aliphatic heterocycles. The largest absolute Gasteiger partial charge is 0.494 e. The van der Waals surface area contributed by atoms with Gasteiger partial charge >= 0.3 is 5.97 Å². The van der Waals surface area contributed by atoms with Gasteiger partial charge < -0.3 is 19.3 Å². The zero-order valence-corrected chi connectivity index (χ0v) is 14.6. The lowest BCUT2D eigenvalue weighted by Gasteiger charge is -2.16. The van der Waals surface area contributed by atoms with Gasteiger partial charge in [-0.05, 0) is 25.2 Å². The van der Waals surface area contributed by atoms with Gasteiger partial charge in [-0.25, -0.2) is 4.79 Å². The van der Waals surface area contributed by atoms with Gasteiger partial charge in [0, 0.05) is 12.1 Å². The maximum atomic E-state index is 12.4. The smallest absolute Gasteiger partial charge is 0.343 e. The first-order valence-corrected chi connectivity index (χ1v) is 7.87. The highest BCUT2D eigenvalue weighted by Gasteiger charge is 2.39. The molecule has 0 unspecified atom stereocenters. The van der Waals surface area contributed by atoms with Crippen molar-refractivity contribution in [2.75, 3.05) is 14.2 Å². The number of carbonyl (C=O) groups is 1. The lowest BCUT2D eigenvalue weighted by Crippen LogP contribution is -2.22. The summed E-state index contributed by atoms with van der Waals surface area (Å²) in [5.74, 6) is -0.426. The number of nitrogens with one attached hydrogen (secondary N) is 1. The van der Waals surface area contributed by atoms with Gasteiger partial charge in [-0.2, -0.15) is 0 Å². The fraction of sp³-hybridized carbons (Fsp3) is 0.312. The van der Waals surface area contributed by atoms with Crippen molar-refractivity contribution in [3.63, 3.8) is 0 Å². The van der Waals surface area contributed by atoms with Crippen molar-refractivity contribution < 1.29 is 24.1 Å². The molecule has 0 bridgehead atoms. The van der Waals surface area contributed by atoms with Gasteiger partial charge in [-0.15, -0.1) is 0 Å². The lowest BCUT2D eigenvalue weighted by atomic mass is 9.99. The third-order valence-corrected chi connectivity index (χ3v) is 4.40. The molecule has 2 N–H and O–H groups in total. The molecule has 0 amide bonds. The van der Waals surface area contributed by atoms with Crippen LogP contribution < -0.4 is 15.0 Å². The van der Waals surface area contributed by atoms with E-state index in [0.29, 0.717) is 17.9 Å². The average Bonchev–Trinajstić information content (AvgIpc) is 2.90. The summed E-state index contributed by atoms with van der Waals surface area (Å²) in [5.41, 5.74) is -0.137. The Kier molecular flexibility index (Phi) is 4.25. The van der Waals surface area contributed by atoms with Crippen LogP contribution in [0, 0.1) is 4.77 Å². The molecule has 2 aromatic rings. The monoisotopic (exact) mass is 364 g/mol. The minimum Gasteiger partial charge on any atom is -0.494 e. The molecule has 1 aliphatic rings. The van der Waals surface area contributed by atoms with Crippen LogP contribution in [-0.2, 0) is 11.3 Å². The Morgan fingerprint density at radius 3 is 2.64 bits per heavy atom. The van der Waals surface area contributed by atoms with E-state index in [1.165, 1.54) is 18.8 Å². The third-order valence-electron chi connectivity index (χ3n) is 4.07. The molecule has 1 aromatic heterocycles. The molecule has 0 fully saturated rings. The Labute approximate surface area is 147 Å². The van der Waals surface area contributed by atoms with Gasteiger partial charge in [0.1, 0.15) is 11.1 Å². The van der Waals surface area contributed by atoms with Crippen molar-refractivity contribution in [1.82, 2.24) is 9.55 Å². The predicted molar refractivity (Wildman–Crippen MR) is 90.0 cm³/mol. The van der Waals surface area contributed by atoms with Crippen LogP contribution >= 0.6 is 12.2 Å². The van der Waals surface area contributed by atoms with Crippen LogP contribution in [0.1, 0.15) is 34.5 Å². The van der Waals surface area contributed by atoms with Gasteiger partial charge in [0.15, 0.2) is 22.4 Å². The van der Waals surface area contributed by atoms with Gasteiger partial charge in [0.2, 0.25) is 5.88 Å². The van der Waals surface area contributed by atoms with Gasteiger partial charge in [0.25, 0.3) is 5.56 Å². The molecule has 0 saturated carbocycles. The number of aromatic hydroxyl groups is 1. The van der Waals surface area contributed by atoms with Crippen LogP contribution in [0.15, 0.2) is 16.9 Å². The van der Waals surface area contributed by atoms with E-state index < -0.39 is 17.6 Å². The number of aromatic nitrogens is 2. The number of H-pyrrole nitrogens is 1. The first-order chi connectivity index (χ1) is 11.9. The van der Waals surface area contributed by atoms with Crippen LogP contribution in [0.4, 0.5) is 0 Å². The summed E-state index contributed by atoms with van der Waals surface area (Å²) in [4.78, 5) is 27.2. The molecule has 1 atom stereocenters. The summed E-state index contributed by atoms with van der Waals surface area (Å²) >= 11 is 5.04. The summed E-state index contributed by atoms with van der Waals surface area (Å²) in [7, 11) is 2.85. The second-order valence-electron chi connectivity index (χ2n) is 5.29. The highest BCUT2D eigenvalue weighted by molar-refractivity contribution is 7.71. The predicted octanol–water partition coefficient (Wildman–Crippen LogP) is 1.91. The van der Waals surface area contributed by atoms with E-state index in [0.717, 1.165) is 0 Å². The number of esters is 1. The van der Waals surface area contributed by atoms with Crippen LogP contribution in [0.5, 0.6) is 17.4 Å². The quantitative estimate of drug-likeness (QED) is 0.631. The molecule has 3 rings (SSSR count). The van der Waals surface area contributed by atoms with Crippen LogP contribution in [0.3, 0.4) is 0 Å². The second-order valence-corrected chi connectivity index (χ2v) is 5.68. The first-order valence-electron chi connectivity index (χ1n) is 7.46. The van der Waals surface area contributed by atoms with Crippen molar-refractivity contribution in [2.24, 2.45) is 0 Å². The van der Waals surface area contributed by atoms with Gasteiger partial charge in [0.05, 0.1) is 14.2 Å². The molecule has 25 heavy (non-hydrogen) atoms. The Morgan fingerprint density at radius 2 is 2.04 bits per heavy atom. The number of methoxy groups -OCH3 is 2. The van der Waals surface area contributed by atoms with E-state index in [-0.39, 0.29) is 27.5 Å². The van der Waals surface area contributed by atoms with Crippen LogP contribution in [-0.4, -0.2) is 34.8 Å². The van der Waals surface area contributed by atoms with Crippen molar-refractivity contribution in [2.45, 2.75) is 19.6 Å². The van der Waals surface area contributed by atoms with Crippen LogP contribution in [0.2, 0.25) is 0 Å². The van der Waals surface area contributed by atoms with E-state index in [4.69, 9.17) is 26.4 Å². The zero-order chi connectivity index (χ0) is 18.3. The van der Waals surface area contributed by atoms with Gasteiger partial charge in [-0.1, -0.05) is 6.07 Å². The standard InChI is InChI=1S/C16H16N2O6S/c1-4-18-14(20)10(13(19)17-16(18)25)11-7-5-6-8(22-2)12(23-3)9(7)15(21)24-11/h5-6,11,20H,4H2,1-3H3,(H,17,19,25)/t11-/m0/s1. The molecule has 2 heterocycles. The number of carbonyl (C=O) groups excluding carboxylic acids is 1. The Bertz CT molecular complexity index is 978. The normalized spacial score (nSPS) is 15.6. The number of aromatic amines is 1. The average molecular weight is 364 g/mol. The van der Waals surface area contributed by atoms with E-state index in [1.54, 1.807) is 19.1 Å². The van der Waals surface area contributed by atoms with E-state index in [1.807, 2.05) is 0 Å². The molecular weight excluding hydrogens is 348 g/mol. The SMILES string of the molecule is CCn1c(O)c([C@H]2OC(=O)c3c2ccc(OC)c3OC)c(=O)[nH]c1=S. The first kappa shape index (κ1) is 17.0. The highest BCUT2D eigenvalue weighted by Crippen LogP contribution is 2.44. The molecule has 1 aromatic carbocycles. The summed E-state index contributed by atoms with van der Waals surface area (Å²) in [5, 5.41) is 10.5. The van der Waals surface area contributed by atoms with Crippen molar-refractivity contribution in [3.05, 3.63) is 43.9 Å². The summed E-state index contributed by atoms with van der Waals surface area (Å²) < 4.78 is 17.2. The lowest BCUT2D eigenvalue weighted by molar-refractivity contribution is 0.0446. The number of cyclic esters (lactones) is 1. The topological polar surface area (TPSA) is 103 Å². The molecule has 0 saturated heterocycles. The molecule has 0 spiro atoms. The minimum absolute atomic E-state index is 0.0882. The summed E-state index contributed by atoms with van der Waals surface area (Å²) in [6, 6.07) is 3.20. The fourth-order valence-corrected chi connectivity index (χ4v) is 3.23. The zero-order valence-electron chi connectivity index (χ0n) is 13.8. The molecule has 8 nitrogen and oxygen atoms in total. The van der Waals surface area contributed by atoms with Crippen molar-refractivity contribution in [3.8, 4) is 17.4 Å². The minimum atomic E-state index is -1.07. The maximum Gasteiger partial charge on any atom is 0.343 e. The number of rotatable bonds is 4. The molecule has 0 radical (unpaired) electrons. The third kappa shape index (κ3) is 2.47. The van der Waals surface area contributed by atoms with Gasteiger partial charge in [-0.3, -0.25) is 14.3 Å². The molecule has 132 valence electrons. The maximum absolute atomic E-state index is 12.4. The van der Waals surface area contributed by atoms with E-state index >= 15 is 0 Å². The Morgan fingerprint density at radius 1 is 1.32 bits per heavy atom. The number of fused-ring (bicyclic) bond motifs is 1. The van der Waals surface area contributed by atoms with Crippen molar-refractivity contribution in [1.29, 1.82) is 0 Å². The van der Waals surface area contributed by atoms with E-state index in [9.17, 15) is 14.7 Å². The number of hydrogen-bond acceptors (Lipinski definition) is 7. The Balaban J connectivity index is 2.27. The number of ether oxygens (including phenoxy) is 3. The second kappa shape index (κ2) is 6.25. The molecule has 0 aliphatic carbocycles. The number of hydrogen-bond donors (Lipinski definition) is 2. The summed E-state index contributed by atoms with van der Waals surface area (Å²) in [6.07, 6.45) is -1.07. The number of benzene rings is 1. The van der Waals surface area contributed by atoms with Crippen molar-refractivity contribution >= 4 is 18.2 Å². The molecular formula is C16H16N2O6S. The Hall–Kier alpha value is -2.81. The molecule has 9 heteroatoms. The highest BCUT2D eigenvalue weighted by atomic mass is 32.1. The summed E-state index contributed by atoms with van der Waals surface area (Å²) in [6.45, 7) is 2.11. The number of nitrogens with zero attached hydrogens (tertiary/aromatic N) is 1. The van der Waals surface area contributed by atoms with Crippen LogP contribution in [0.25, 0.3) is 0 Å². The van der Waals surface area contributed by atoms with E-state index in [2.05, 4.69) is 4.98 Å².